The molecule has 0 fully saturated rings. The van der Waals surface area contributed by atoms with Gasteiger partial charge in [-0.3, -0.25) is 9.89 Å². The van der Waals surface area contributed by atoms with Crippen molar-refractivity contribution in [1.29, 1.82) is 0 Å². The van der Waals surface area contributed by atoms with Gasteiger partial charge in [-0.25, -0.2) is 0 Å². The van der Waals surface area contributed by atoms with Gasteiger partial charge in [0, 0.05) is 11.4 Å². The summed E-state index contributed by atoms with van der Waals surface area (Å²) in [6, 6.07) is 7.35. The largest absolute Gasteiger partial charge is 0.398 e. The monoisotopic (exact) mass is 244 g/mol. The molecule has 0 saturated heterocycles. The summed E-state index contributed by atoms with van der Waals surface area (Å²) >= 11 is 0. The lowest BCUT2D eigenvalue weighted by molar-refractivity contribution is 0.0939. The van der Waals surface area contributed by atoms with Gasteiger partial charge in [0.15, 0.2) is 0 Å². The molecule has 18 heavy (non-hydrogen) atoms. The lowest BCUT2D eigenvalue weighted by atomic mass is 10.1. The number of carbonyl (C=O) groups excluding carboxylic acids is 1. The van der Waals surface area contributed by atoms with Crippen LogP contribution in [0.3, 0.4) is 0 Å². The first-order valence-corrected chi connectivity index (χ1v) is 5.75. The lowest BCUT2D eigenvalue weighted by Crippen LogP contribution is -2.27. The van der Waals surface area contributed by atoms with Gasteiger partial charge in [0.1, 0.15) is 0 Å². The molecule has 1 heterocycles. The number of amides is 1. The molecule has 1 atom stereocenters. The lowest BCUT2D eigenvalue weighted by Gasteiger charge is -2.15. The molecule has 0 aliphatic heterocycles. The number of para-hydroxylation sites is 1. The number of aromatic nitrogens is 2. The maximum absolute atomic E-state index is 12.0. The molecular weight excluding hydrogens is 228 g/mol. The van der Waals surface area contributed by atoms with E-state index in [9.17, 15) is 4.79 Å². The summed E-state index contributed by atoms with van der Waals surface area (Å²) in [7, 11) is 0. The maximum atomic E-state index is 12.0. The Hall–Kier alpha value is -2.30. The average molecular weight is 244 g/mol. The molecule has 2 aromatic rings. The van der Waals surface area contributed by atoms with Crippen LogP contribution in [0.15, 0.2) is 30.5 Å². The molecule has 94 valence electrons. The van der Waals surface area contributed by atoms with E-state index in [4.69, 9.17) is 5.73 Å². The summed E-state index contributed by atoms with van der Waals surface area (Å²) in [6.07, 6.45) is 1.52. The van der Waals surface area contributed by atoms with Crippen LogP contribution in [-0.2, 0) is 0 Å². The molecule has 4 N–H and O–H groups in total. The molecule has 0 bridgehead atoms. The number of hydrogen-bond acceptors (Lipinski definition) is 3. The van der Waals surface area contributed by atoms with Crippen molar-refractivity contribution in [2.75, 3.05) is 5.73 Å². The summed E-state index contributed by atoms with van der Waals surface area (Å²) in [5, 5.41) is 9.47. The Bertz CT molecular complexity index is 562. The highest BCUT2D eigenvalue weighted by atomic mass is 16.1. The summed E-state index contributed by atoms with van der Waals surface area (Å²) < 4.78 is 0. The van der Waals surface area contributed by atoms with Gasteiger partial charge in [-0.2, -0.15) is 5.10 Å². The summed E-state index contributed by atoms with van der Waals surface area (Å²) in [6.45, 7) is 3.71. The SMILES string of the molecule is Cc1[nH]ncc1C(=O)NC(C)c1ccccc1N. The van der Waals surface area contributed by atoms with Gasteiger partial charge in [0.2, 0.25) is 0 Å². The second-order valence-corrected chi connectivity index (χ2v) is 4.23. The molecule has 2 rings (SSSR count). The Morgan fingerprint density at radius 2 is 2.17 bits per heavy atom. The second-order valence-electron chi connectivity index (χ2n) is 4.23. The van der Waals surface area contributed by atoms with E-state index in [1.165, 1.54) is 6.20 Å². The molecule has 0 radical (unpaired) electrons. The van der Waals surface area contributed by atoms with Gasteiger partial charge in [0.05, 0.1) is 17.8 Å². The number of aryl methyl sites for hydroxylation is 1. The molecule has 0 spiro atoms. The van der Waals surface area contributed by atoms with E-state index in [-0.39, 0.29) is 11.9 Å². The van der Waals surface area contributed by atoms with Crippen LogP contribution < -0.4 is 11.1 Å². The Morgan fingerprint density at radius 1 is 1.44 bits per heavy atom. The van der Waals surface area contributed by atoms with Gasteiger partial charge in [-0.1, -0.05) is 18.2 Å². The number of hydrogen-bond donors (Lipinski definition) is 3. The first-order chi connectivity index (χ1) is 8.59. The third-order valence-corrected chi connectivity index (χ3v) is 2.88. The van der Waals surface area contributed by atoms with Gasteiger partial charge >= 0.3 is 0 Å². The minimum Gasteiger partial charge on any atom is -0.398 e. The first kappa shape index (κ1) is 12.2. The molecule has 1 unspecified atom stereocenters. The third-order valence-electron chi connectivity index (χ3n) is 2.88. The molecule has 1 amide bonds. The van der Waals surface area contributed by atoms with Crippen LogP contribution in [0, 0.1) is 6.92 Å². The number of benzene rings is 1. The van der Waals surface area contributed by atoms with Gasteiger partial charge in [-0.05, 0) is 25.5 Å². The number of anilines is 1. The summed E-state index contributed by atoms with van der Waals surface area (Å²) in [5.41, 5.74) is 8.76. The van der Waals surface area contributed by atoms with Crippen molar-refractivity contribution in [3.05, 3.63) is 47.3 Å². The minimum absolute atomic E-state index is 0.145. The number of nitrogens with zero attached hydrogens (tertiary/aromatic N) is 1. The Balaban J connectivity index is 2.13. The first-order valence-electron chi connectivity index (χ1n) is 5.75. The smallest absolute Gasteiger partial charge is 0.255 e. The van der Waals surface area contributed by atoms with Gasteiger partial charge in [-0.15, -0.1) is 0 Å². The average Bonchev–Trinajstić information content (AvgIpc) is 2.76. The maximum Gasteiger partial charge on any atom is 0.255 e. The quantitative estimate of drug-likeness (QED) is 0.720. The number of nitrogens with one attached hydrogen (secondary N) is 2. The highest BCUT2D eigenvalue weighted by Gasteiger charge is 2.15. The van der Waals surface area contributed by atoms with E-state index >= 15 is 0 Å². The number of carbonyl (C=O) groups is 1. The van der Waals surface area contributed by atoms with Crippen molar-refractivity contribution in [3.63, 3.8) is 0 Å². The van der Waals surface area contributed by atoms with Crippen molar-refractivity contribution in [1.82, 2.24) is 15.5 Å². The van der Waals surface area contributed by atoms with E-state index in [1.807, 2.05) is 38.1 Å². The van der Waals surface area contributed by atoms with Crippen molar-refractivity contribution < 1.29 is 4.79 Å². The van der Waals surface area contributed by atoms with E-state index in [0.717, 1.165) is 11.3 Å². The highest BCUT2D eigenvalue weighted by Crippen LogP contribution is 2.19. The number of nitrogens with two attached hydrogens (primary N) is 1. The predicted octanol–water partition coefficient (Wildman–Crippen LogP) is 1.79. The fourth-order valence-electron chi connectivity index (χ4n) is 1.84. The van der Waals surface area contributed by atoms with Crippen LogP contribution in [0.4, 0.5) is 5.69 Å². The fourth-order valence-corrected chi connectivity index (χ4v) is 1.84. The zero-order chi connectivity index (χ0) is 13.1. The molecule has 0 aliphatic rings. The van der Waals surface area contributed by atoms with Crippen LogP contribution in [-0.4, -0.2) is 16.1 Å². The molecule has 0 saturated carbocycles. The Morgan fingerprint density at radius 3 is 2.78 bits per heavy atom. The van der Waals surface area contributed by atoms with Crippen molar-refractivity contribution in [3.8, 4) is 0 Å². The van der Waals surface area contributed by atoms with E-state index in [2.05, 4.69) is 15.5 Å². The number of aromatic amines is 1. The standard InChI is InChI=1S/C13H16N4O/c1-8(10-5-3-4-6-12(10)14)16-13(18)11-7-15-17-9(11)2/h3-8H,14H2,1-2H3,(H,15,17)(H,16,18). The van der Waals surface area contributed by atoms with E-state index < -0.39 is 0 Å². The summed E-state index contributed by atoms with van der Waals surface area (Å²) in [4.78, 5) is 12.0. The minimum atomic E-state index is -0.156. The molecule has 1 aromatic carbocycles. The topological polar surface area (TPSA) is 83.8 Å². The zero-order valence-corrected chi connectivity index (χ0v) is 10.4. The van der Waals surface area contributed by atoms with Crippen LogP contribution in [0.25, 0.3) is 0 Å². The van der Waals surface area contributed by atoms with Crippen molar-refractivity contribution in [2.24, 2.45) is 0 Å². The molecule has 1 aromatic heterocycles. The third kappa shape index (κ3) is 2.34. The summed E-state index contributed by atoms with van der Waals surface area (Å²) in [5.74, 6) is -0.156. The highest BCUT2D eigenvalue weighted by molar-refractivity contribution is 5.95. The van der Waals surface area contributed by atoms with Crippen molar-refractivity contribution in [2.45, 2.75) is 19.9 Å². The van der Waals surface area contributed by atoms with Crippen LogP contribution >= 0.6 is 0 Å². The Labute approximate surface area is 105 Å². The fraction of sp³-hybridized carbons (Fsp3) is 0.231. The van der Waals surface area contributed by atoms with Gasteiger partial charge < -0.3 is 11.1 Å². The normalized spacial score (nSPS) is 12.1. The molecule has 0 aliphatic carbocycles. The van der Waals surface area contributed by atoms with Crippen LogP contribution in [0.5, 0.6) is 0 Å². The van der Waals surface area contributed by atoms with Crippen LogP contribution in [0.1, 0.15) is 34.6 Å². The zero-order valence-electron chi connectivity index (χ0n) is 10.4. The van der Waals surface area contributed by atoms with E-state index in [1.54, 1.807) is 0 Å². The molecule has 5 nitrogen and oxygen atoms in total. The number of nitrogen functional groups attached to an aromatic ring is 1. The van der Waals surface area contributed by atoms with E-state index in [0.29, 0.717) is 11.3 Å². The van der Waals surface area contributed by atoms with Crippen molar-refractivity contribution >= 4 is 11.6 Å². The number of rotatable bonds is 3. The van der Waals surface area contributed by atoms with Gasteiger partial charge in [0.25, 0.3) is 5.91 Å². The Kier molecular flexibility index (Phi) is 3.32. The number of H-pyrrole nitrogens is 1. The predicted molar refractivity (Wildman–Crippen MR) is 70.1 cm³/mol. The molecule has 5 heteroatoms. The second kappa shape index (κ2) is 4.91. The van der Waals surface area contributed by atoms with Crippen LogP contribution in [0.2, 0.25) is 0 Å². The molecular formula is C13H16N4O.